The molecule has 2 aromatic carbocycles. The zero-order chi connectivity index (χ0) is 15.0. The standard InChI is InChI=1S/C16H14BrFN2O/c17-13-8-14(18)15(19)7-12(13)16(21)20-11-5-9-3-1-2-4-10(9)6-11/h1-4,7-8,11H,5-6,19H2,(H,20,21). The van der Waals surface area contributed by atoms with E-state index in [4.69, 9.17) is 5.73 Å². The minimum atomic E-state index is -0.535. The maximum atomic E-state index is 13.3. The van der Waals surface area contributed by atoms with Gasteiger partial charge in [0.15, 0.2) is 0 Å². The SMILES string of the molecule is Nc1cc(C(=O)NC2Cc3ccccc3C2)c(Br)cc1F. The highest BCUT2D eigenvalue weighted by molar-refractivity contribution is 9.10. The van der Waals surface area contributed by atoms with Gasteiger partial charge >= 0.3 is 0 Å². The second-order valence-electron chi connectivity index (χ2n) is 5.20. The zero-order valence-corrected chi connectivity index (χ0v) is 12.8. The predicted octanol–water partition coefficient (Wildman–Crippen LogP) is 3.07. The Bertz CT molecular complexity index is 692. The number of hydrogen-bond donors (Lipinski definition) is 2. The smallest absolute Gasteiger partial charge is 0.252 e. The molecule has 3 nitrogen and oxygen atoms in total. The van der Waals surface area contributed by atoms with Crippen molar-refractivity contribution in [2.45, 2.75) is 18.9 Å². The summed E-state index contributed by atoms with van der Waals surface area (Å²) >= 11 is 3.20. The summed E-state index contributed by atoms with van der Waals surface area (Å²) in [5.41, 5.74) is 8.38. The van der Waals surface area contributed by atoms with Crippen molar-refractivity contribution in [2.75, 3.05) is 5.73 Å². The Morgan fingerprint density at radius 1 is 1.24 bits per heavy atom. The molecule has 3 rings (SSSR count). The van der Waals surface area contributed by atoms with Gasteiger partial charge in [0.05, 0.1) is 11.3 Å². The van der Waals surface area contributed by atoms with Gasteiger partial charge in [-0.2, -0.15) is 0 Å². The van der Waals surface area contributed by atoms with E-state index in [9.17, 15) is 9.18 Å². The van der Waals surface area contributed by atoms with E-state index in [1.165, 1.54) is 23.3 Å². The Morgan fingerprint density at radius 2 is 1.86 bits per heavy atom. The number of nitrogens with one attached hydrogen (secondary N) is 1. The van der Waals surface area contributed by atoms with Crippen molar-refractivity contribution in [3.05, 3.63) is 63.4 Å². The number of benzene rings is 2. The number of anilines is 1. The zero-order valence-electron chi connectivity index (χ0n) is 11.2. The average molecular weight is 349 g/mol. The third kappa shape index (κ3) is 2.78. The van der Waals surface area contributed by atoms with E-state index in [1.807, 2.05) is 12.1 Å². The summed E-state index contributed by atoms with van der Waals surface area (Å²) in [5.74, 6) is -0.780. The van der Waals surface area contributed by atoms with Gasteiger partial charge < -0.3 is 11.1 Å². The molecule has 108 valence electrons. The van der Waals surface area contributed by atoms with E-state index in [0.29, 0.717) is 10.0 Å². The number of nitrogen functional groups attached to an aromatic ring is 1. The molecule has 0 aromatic heterocycles. The van der Waals surface area contributed by atoms with Gasteiger partial charge in [-0.05, 0) is 52.0 Å². The van der Waals surface area contributed by atoms with E-state index in [0.717, 1.165) is 12.8 Å². The molecule has 0 saturated heterocycles. The molecule has 5 heteroatoms. The highest BCUT2D eigenvalue weighted by Gasteiger charge is 2.23. The lowest BCUT2D eigenvalue weighted by Gasteiger charge is -2.13. The molecule has 0 atom stereocenters. The second kappa shape index (κ2) is 5.48. The molecule has 0 radical (unpaired) electrons. The highest BCUT2D eigenvalue weighted by atomic mass is 79.9. The Balaban J connectivity index is 1.75. The van der Waals surface area contributed by atoms with Gasteiger partial charge in [0.25, 0.3) is 5.91 Å². The van der Waals surface area contributed by atoms with Crippen LogP contribution in [0.3, 0.4) is 0 Å². The molecule has 0 saturated carbocycles. The lowest BCUT2D eigenvalue weighted by Crippen LogP contribution is -2.35. The third-order valence-electron chi connectivity index (χ3n) is 3.72. The first-order valence-corrected chi connectivity index (χ1v) is 7.46. The molecular formula is C16H14BrFN2O. The third-order valence-corrected chi connectivity index (χ3v) is 4.37. The molecule has 1 aliphatic carbocycles. The monoisotopic (exact) mass is 348 g/mol. The number of amides is 1. The van der Waals surface area contributed by atoms with Gasteiger partial charge in [0, 0.05) is 10.5 Å². The van der Waals surface area contributed by atoms with Gasteiger partial charge in [-0.1, -0.05) is 24.3 Å². The van der Waals surface area contributed by atoms with Crippen LogP contribution in [0.1, 0.15) is 21.5 Å². The first kappa shape index (κ1) is 14.1. The van der Waals surface area contributed by atoms with Crippen molar-refractivity contribution in [2.24, 2.45) is 0 Å². The molecule has 0 aliphatic heterocycles. The fourth-order valence-corrected chi connectivity index (χ4v) is 3.16. The molecule has 3 N–H and O–H groups in total. The first-order valence-electron chi connectivity index (χ1n) is 6.67. The van der Waals surface area contributed by atoms with Gasteiger partial charge in [-0.25, -0.2) is 4.39 Å². The van der Waals surface area contributed by atoms with Gasteiger partial charge in [-0.3, -0.25) is 4.79 Å². The van der Waals surface area contributed by atoms with E-state index >= 15 is 0 Å². The summed E-state index contributed by atoms with van der Waals surface area (Å²) in [6.07, 6.45) is 1.63. The number of carbonyl (C=O) groups excluding carboxylic acids is 1. The minimum absolute atomic E-state index is 0.0296. The van der Waals surface area contributed by atoms with Crippen LogP contribution in [-0.2, 0) is 12.8 Å². The van der Waals surface area contributed by atoms with Crippen LogP contribution < -0.4 is 11.1 Å². The van der Waals surface area contributed by atoms with Crippen molar-refractivity contribution in [3.8, 4) is 0 Å². The Kier molecular flexibility index (Phi) is 3.68. The van der Waals surface area contributed by atoms with Crippen LogP contribution in [0.25, 0.3) is 0 Å². The van der Waals surface area contributed by atoms with E-state index in [2.05, 4.69) is 33.4 Å². The molecule has 0 spiro atoms. The summed E-state index contributed by atoms with van der Waals surface area (Å²) in [6, 6.07) is 10.8. The predicted molar refractivity (Wildman–Crippen MR) is 83.6 cm³/mol. The van der Waals surface area contributed by atoms with Gasteiger partial charge in [-0.15, -0.1) is 0 Å². The molecule has 1 aliphatic rings. The lowest BCUT2D eigenvalue weighted by atomic mass is 10.1. The van der Waals surface area contributed by atoms with Crippen molar-refractivity contribution < 1.29 is 9.18 Å². The second-order valence-corrected chi connectivity index (χ2v) is 6.06. The van der Waals surface area contributed by atoms with Crippen LogP contribution >= 0.6 is 15.9 Å². The summed E-state index contributed by atoms with van der Waals surface area (Å²) < 4.78 is 13.7. The molecule has 0 fully saturated rings. The summed E-state index contributed by atoms with van der Waals surface area (Å²) in [5, 5.41) is 2.98. The topological polar surface area (TPSA) is 55.1 Å². The average Bonchev–Trinajstić information content (AvgIpc) is 2.84. The minimum Gasteiger partial charge on any atom is -0.396 e. The quantitative estimate of drug-likeness (QED) is 0.819. The normalized spacial score (nSPS) is 14.0. The molecule has 21 heavy (non-hydrogen) atoms. The number of halogens is 2. The number of rotatable bonds is 2. The largest absolute Gasteiger partial charge is 0.396 e. The van der Waals surface area contributed by atoms with Gasteiger partial charge in [0.1, 0.15) is 5.82 Å². The van der Waals surface area contributed by atoms with E-state index in [1.54, 1.807) is 0 Å². The van der Waals surface area contributed by atoms with Crippen molar-refractivity contribution in [1.82, 2.24) is 5.32 Å². The fourth-order valence-electron chi connectivity index (χ4n) is 2.66. The molecule has 0 unspecified atom stereocenters. The Hall–Kier alpha value is -1.88. The Labute approximate surface area is 130 Å². The fraction of sp³-hybridized carbons (Fsp3) is 0.188. The van der Waals surface area contributed by atoms with Crippen LogP contribution in [0, 0.1) is 5.82 Å². The molecule has 1 amide bonds. The first-order chi connectivity index (χ1) is 10.0. The lowest BCUT2D eigenvalue weighted by molar-refractivity contribution is 0.0938. The molecule has 0 heterocycles. The molecular weight excluding hydrogens is 335 g/mol. The van der Waals surface area contributed by atoms with E-state index in [-0.39, 0.29) is 17.6 Å². The maximum Gasteiger partial charge on any atom is 0.252 e. The number of fused-ring (bicyclic) bond motifs is 1. The maximum absolute atomic E-state index is 13.3. The summed E-state index contributed by atoms with van der Waals surface area (Å²) in [6.45, 7) is 0. The summed E-state index contributed by atoms with van der Waals surface area (Å²) in [7, 11) is 0. The molecule has 2 aromatic rings. The number of nitrogens with two attached hydrogens (primary N) is 1. The van der Waals surface area contributed by atoms with Crippen LogP contribution in [0.2, 0.25) is 0 Å². The van der Waals surface area contributed by atoms with Crippen molar-refractivity contribution in [1.29, 1.82) is 0 Å². The van der Waals surface area contributed by atoms with Crippen LogP contribution in [0.5, 0.6) is 0 Å². The Morgan fingerprint density at radius 3 is 2.48 bits per heavy atom. The summed E-state index contributed by atoms with van der Waals surface area (Å²) in [4.78, 5) is 12.3. The highest BCUT2D eigenvalue weighted by Crippen LogP contribution is 2.25. The van der Waals surface area contributed by atoms with Gasteiger partial charge in [0.2, 0.25) is 0 Å². The number of carbonyl (C=O) groups is 1. The number of hydrogen-bond acceptors (Lipinski definition) is 2. The van der Waals surface area contributed by atoms with E-state index < -0.39 is 5.82 Å². The van der Waals surface area contributed by atoms with Crippen molar-refractivity contribution >= 4 is 27.5 Å². The molecule has 0 bridgehead atoms. The van der Waals surface area contributed by atoms with Crippen LogP contribution in [-0.4, -0.2) is 11.9 Å². The van der Waals surface area contributed by atoms with Crippen molar-refractivity contribution in [3.63, 3.8) is 0 Å². The van der Waals surface area contributed by atoms with Crippen LogP contribution in [0.4, 0.5) is 10.1 Å². The van der Waals surface area contributed by atoms with Crippen LogP contribution in [0.15, 0.2) is 40.9 Å².